The number of aryl methyl sites for hydroxylation is 6. The Bertz CT molecular complexity index is 5850. The maximum atomic E-state index is 6.49. The maximum Gasteiger partial charge on any atom is 0.119 e. The Kier molecular flexibility index (Phi) is 16.9. The topological polar surface area (TPSA) is 133 Å². The zero-order chi connectivity index (χ0) is 72.2. The Morgan fingerprint density at radius 1 is 0.196 bits per heavy atom. The third kappa shape index (κ3) is 12.9. The number of nitrogens with one attached hydrogen (secondary N) is 4. The second-order valence-electron chi connectivity index (χ2n) is 28.3. The molecule has 0 unspecified atom stereocenters. The summed E-state index contributed by atoms with van der Waals surface area (Å²) in [4.78, 5) is 37.8. The van der Waals surface area contributed by atoms with E-state index in [1.807, 2.05) is 0 Å². The van der Waals surface area contributed by atoms with Crippen LogP contribution in [0.15, 0.2) is 243 Å². The monoisotopic (exact) mass is 1380 g/mol. The molecule has 107 heavy (non-hydrogen) atoms. The summed E-state index contributed by atoms with van der Waals surface area (Å²) in [5.74, 6) is 1.52. The number of H-pyrrole nitrogens is 4. The van der Waals surface area contributed by atoms with Gasteiger partial charge < -0.3 is 29.4 Å². The molecule has 0 atom stereocenters. The molecule has 0 radical (unpaired) electrons. The fourth-order valence-corrected chi connectivity index (χ4v) is 15.0. The summed E-state index contributed by atoms with van der Waals surface area (Å²) >= 11 is 0. The Morgan fingerprint density at radius 3 is 0.505 bits per heavy atom. The van der Waals surface area contributed by atoms with Crippen molar-refractivity contribution in [2.45, 2.75) is 48.0 Å². The largest absolute Gasteiger partial charge is 0.493 e. The highest BCUT2D eigenvalue weighted by Gasteiger charge is 2.23. The van der Waals surface area contributed by atoms with Crippen molar-refractivity contribution in [1.29, 1.82) is 0 Å². The van der Waals surface area contributed by atoms with E-state index in [9.17, 15) is 0 Å². The molecule has 4 aliphatic heterocycles. The predicted molar refractivity (Wildman–Crippen MR) is 445 cm³/mol. The van der Waals surface area contributed by atoms with Gasteiger partial charge in [-0.05, 0) is 207 Å². The number of benzene rings is 8. The second kappa shape index (κ2) is 27.6. The van der Waals surface area contributed by atoms with Crippen LogP contribution in [0.3, 0.4) is 0 Å². The number of rotatable bonds is 14. The lowest BCUT2D eigenvalue weighted by molar-refractivity contribution is 0.247. The van der Waals surface area contributed by atoms with Gasteiger partial charge in [-0.2, -0.15) is 0 Å². The van der Waals surface area contributed by atoms with Crippen LogP contribution in [0.5, 0.6) is 11.5 Å². The number of ether oxygens (including phenoxy) is 2. The standard InChI is InChI=1S/C97H76N8O2/c1-58-8-20-64(21-9-58)90-74-40-44-78(98-74)92(66-24-12-60(3)13-25-66)82-48-52-86(102-82)96(87-53-49-83(103-87)93(79-45-41-75(90)99-79)67-26-14-61(4)15-27-67)70-32-36-72(37-33-70)106-56-7-57-107-73-38-34-71(35-39-73)97-88-54-50-84(104-88)94(68-28-16-62(5)17-29-68)80-46-42-76(100-80)91(65-22-10-59(2)11-23-65)77-43-47-81(101-77)95(85-51-55-89(97)105-85)69-30-18-63(6)19-31-69/h8-55,98,100,103,105H,7,56-57H2,1-6H3. The average Bonchev–Trinajstić information content (AvgIpc) is 1.62. The van der Waals surface area contributed by atoms with Crippen LogP contribution >= 0.6 is 0 Å². The molecule has 4 N–H and O–H groups in total. The van der Waals surface area contributed by atoms with Crippen molar-refractivity contribution < 1.29 is 9.47 Å². The van der Waals surface area contributed by atoms with Crippen molar-refractivity contribution in [2.24, 2.45) is 0 Å². The Balaban J connectivity index is 0.666. The van der Waals surface area contributed by atoms with Crippen LogP contribution < -0.4 is 9.47 Å². The first-order valence-corrected chi connectivity index (χ1v) is 36.6. The maximum absolute atomic E-state index is 6.49. The van der Waals surface area contributed by atoms with Crippen LogP contribution in [-0.2, 0) is 0 Å². The number of nitrogens with zero attached hydrogens (tertiary/aromatic N) is 4. The van der Waals surface area contributed by atoms with Gasteiger partial charge in [-0.1, -0.05) is 203 Å². The molecule has 0 aliphatic carbocycles. The predicted octanol–water partition coefficient (Wildman–Crippen LogP) is 24.7. The molecule has 0 spiro atoms. The van der Waals surface area contributed by atoms with Crippen molar-refractivity contribution in [2.75, 3.05) is 13.2 Å². The summed E-state index contributed by atoms with van der Waals surface area (Å²) < 4.78 is 13.0. The second-order valence-corrected chi connectivity index (χ2v) is 28.3. The van der Waals surface area contributed by atoms with E-state index in [0.717, 1.165) is 190 Å². The first kappa shape index (κ1) is 65.6. The van der Waals surface area contributed by atoms with Gasteiger partial charge in [-0.25, -0.2) is 19.9 Å². The van der Waals surface area contributed by atoms with Gasteiger partial charge in [0.05, 0.1) is 58.8 Å². The first-order chi connectivity index (χ1) is 52.4. The smallest absolute Gasteiger partial charge is 0.119 e. The molecular formula is C97H76N8O2. The lowest BCUT2D eigenvalue weighted by Gasteiger charge is -2.10. The molecule has 0 saturated carbocycles. The number of aromatic nitrogens is 8. The van der Waals surface area contributed by atoms with Crippen LogP contribution in [0.4, 0.5) is 0 Å². The molecule has 4 aliphatic rings. The van der Waals surface area contributed by atoms with E-state index in [4.69, 9.17) is 29.4 Å². The van der Waals surface area contributed by atoms with E-state index < -0.39 is 0 Å². The molecule has 516 valence electrons. The Hall–Kier alpha value is -13.4. The SMILES string of the molecule is Cc1ccc(-c2c3nc(c(-c4ccc(C)cc4)c4ccc([nH]4)c(-c4ccc(OCCCOc5ccc(-c6c7nc(c(-c8ccc(C)cc8)c8ccc([nH]8)c(-c8ccc(C)cc8)c8nc(c(-c9ccc(C)cc9)c9ccc6[nH]9)C=C8)C=C7)cc5)cc4)c4nc(c(-c5ccc(C)cc5)c5ccc2[nH]5)C=C4)C=C3)cc1. The molecule has 10 heteroatoms. The minimum absolute atomic E-state index is 0.456. The van der Waals surface area contributed by atoms with Crippen LogP contribution in [0, 0.1) is 41.5 Å². The molecule has 0 saturated heterocycles. The zero-order valence-electron chi connectivity index (χ0n) is 60.4. The van der Waals surface area contributed by atoms with Gasteiger partial charge >= 0.3 is 0 Å². The third-order valence-corrected chi connectivity index (χ3v) is 20.7. The Labute approximate surface area is 621 Å². The van der Waals surface area contributed by atoms with Crippen molar-refractivity contribution in [3.8, 4) is 101 Å². The number of hydrogen-bond acceptors (Lipinski definition) is 6. The van der Waals surface area contributed by atoms with E-state index in [1.54, 1.807) is 0 Å². The third-order valence-electron chi connectivity index (χ3n) is 20.7. The summed E-state index contributed by atoms with van der Waals surface area (Å²) in [5, 5.41) is 0. The number of hydrogen-bond donors (Lipinski definition) is 4. The summed E-state index contributed by atoms with van der Waals surface area (Å²) in [6.45, 7) is 13.6. The molecule has 0 fully saturated rings. The van der Waals surface area contributed by atoms with Gasteiger partial charge in [0.1, 0.15) is 11.5 Å². The van der Waals surface area contributed by atoms with Gasteiger partial charge in [0, 0.05) is 95.1 Å². The molecule has 0 amide bonds. The van der Waals surface area contributed by atoms with Crippen LogP contribution in [-0.4, -0.2) is 53.1 Å². The van der Waals surface area contributed by atoms with Crippen LogP contribution in [0.2, 0.25) is 0 Å². The normalized spacial score (nSPS) is 12.2. The van der Waals surface area contributed by atoms with E-state index >= 15 is 0 Å². The highest BCUT2D eigenvalue weighted by molar-refractivity contribution is 6.03. The fraction of sp³-hybridized carbons (Fsp3) is 0.0928. The first-order valence-electron chi connectivity index (χ1n) is 36.6. The quantitative estimate of drug-likeness (QED) is 0.0802. The van der Waals surface area contributed by atoms with Crippen molar-refractivity contribution in [3.05, 3.63) is 322 Å². The van der Waals surface area contributed by atoms with E-state index in [2.05, 4.69) is 353 Å². The van der Waals surface area contributed by atoms with Gasteiger partial charge in [0.2, 0.25) is 0 Å². The summed E-state index contributed by atoms with van der Waals surface area (Å²) in [5.41, 5.74) is 38.0. The molecule has 10 nitrogen and oxygen atoms in total. The van der Waals surface area contributed by atoms with Crippen molar-refractivity contribution in [1.82, 2.24) is 39.9 Å². The van der Waals surface area contributed by atoms with Crippen LogP contribution in [0.25, 0.3) is 182 Å². The van der Waals surface area contributed by atoms with E-state index in [-0.39, 0.29) is 0 Å². The highest BCUT2D eigenvalue weighted by atomic mass is 16.5. The molecule has 14 aromatic rings. The number of aromatic amines is 4. The molecule has 10 heterocycles. The molecular weight excluding hydrogens is 1310 g/mol. The lowest BCUT2D eigenvalue weighted by Crippen LogP contribution is -2.05. The lowest BCUT2D eigenvalue weighted by atomic mass is 10.0. The highest BCUT2D eigenvalue weighted by Crippen LogP contribution is 2.43. The minimum Gasteiger partial charge on any atom is -0.493 e. The van der Waals surface area contributed by atoms with Gasteiger partial charge in [0.15, 0.2) is 0 Å². The molecule has 8 aromatic carbocycles. The summed E-state index contributed by atoms with van der Waals surface area (Å²) in [6, 6.07) is 86.4. The summed E-state index contributed by atoms with van der Waals surface area (Å²) in [7, 11) is 0. The molecule has 16 bridgehead atoms. The average molecular weight is 1390 g/mol. The summed E-state index contributed by atoms with van der Waals surface area (Å²) in [6.07, 6.45) is 17.8. The van der Waals surface area contributed by atoms with E-state index in [0.29, 0.717) is 19.6 Å². The number of fused-ring (bicyclic) bond motifs is 16. The van der Waals surface area contributed by atoms with Crippen molar-refractivity contribution in [3.63, 3.8) is 0 Å². The van der Waals surface area contributed by atoms with Gasteiger partial charge in [-0.3, -0.25) is 0 Å². The van der Waals surface area contributed by atoms with Crippen molar-refractivity contribution >= 4 is 92.7 Å². The van der Waals surface area contributed by atoms with Crippen LogP contribution in [0.1, 0.15) is 85.4 Å². The minimum atomic E-state index is 0.456. The zero-order valence-corrected chi connectivity index (χ0v) is 60.4. The van der Waals surface area contributed by atoms with Gasteiger partial charge in [-0.15, -0.1) is 0 Å². The molecule has 18 rings (SSSR count). The Morgan fingerprint density at radius 2 is 0.346 bits per heavy atom. The molecule has 6 aromatic heterocycles. The fourth-order valence-electron chi connectivity index (χ4n) is 15.0. The van der Waals surface area contributed by atoms with E-state index in [1.165, 1.54) is 33.4 Å². The van der Waals surface area contributed by atoms with Gasteiger partial charge in [0.25, 0.3) is 0 Å².